The van der Waals surface area contributed by atoms with Crippen molar-refractivity contribution in [1.29, 1.82) is 0 Å². The Morgan fingerprint density at radius 1 is 1.31 bits per heavy atom. The Hall–Kier alpha value is -0.120. The van der Waals surface area contributed by atoms with E-state index in [1.54, 1.807) is 0 Å². The summed E-state index contributed by atoms with van der Waals surface area (Å²) in [5.41, 5.74) is -0.606. The molecule has 0 aromatic rings. The Morgan fingerprint density at radius 2 is 1.94 bits per heavy atom. The highest BCUT2D eigenvalue weighted by atomic mass is 16.5. The van der Waals surface area contributed by atoms with E-state index >= 15 is 0 Å². The summed E-state index contributed by atoms with van der Waals surface area (Å²) in [5.74, 6) is 0.646. The van der Waals surface area contributed by atoms with Crippen molar-refractivity contribution >= 4 is 0 Å². The van der Waals surface area contributed by atoms with Crippen LogP contribution in [0.4, 0.5) is 0 Å². The first-order chi connectivity index (χ1) is 7.37. The maximum atomic E-state index is 10.1. The molecule has 0 amide bonds. The molecule has 16 heavy (non-hydrogen) atoms. The van der Waals surface area contributed by atoms with Crippen molar-refractivity contribution < 1.29 is 9.84 Å². The second-order valence-electron chi connectivity index (χ2n) is 5.37. The van der Waals surface area contributed by atoms with Gasteiger partial charge in [-0.2, -0.15) is 0 Å². The summed E-state index contributed by atoms with van der Waals surface area (Å²) in [6.45, 7) is 12.4. The van der Waals surface area contributed by atoms with E-state index < -0.39 is 5.60 Å². The lowest BCUT2D eigenvalue weighted by Gasteiger charge is -2.26. The fourth-order valence-electron chi connectivity index (χ4n) is 1.44. The van der Waals surface area contributed by atoms with Crippen molar-refractivity contribution in [3.8, 4) is 0 Å². The molecule has 98 valence electrons. The molecule has 0 rings (SSSR count). The van der Waals surface area contributed by atoms with Crippen LogP contribution in [0, 0.1) is 5.92 Å². The average molecular weight is 231 g/mol. The molecule has 0 aromatic carbocycles. The summed E-state index contributed by atoms with van der Waals surface area (Å²) in [6.07, 6.45) is 1.91. The van der Waals surface area contributed by atoms with Gasteiger partial charge in [-0.1, -0.05) is 13.8 Å². The first-order valence-corrected chi connectivity index (χ1v) is 6.41. The predicted octanol–water partition coefficient (Wildman–Crippen LogP) is 2.19. The third-order valence-corrected chi connectivity index (χ3v) is 2.66. The van der Waals surface area contributed by atoms with Gasteiger partial charge < -0.3 is 15.2 Å². The van der Waals surface area contributed by atoms with Crippen LogP contribution in [0.5, 0.6) is 0 Å². The lowest BCUT2D eigenvalue weighted by Crippen LogP contribution is -2.43. The van der Waals surface area contributed by atoms with E-state index in [2.05, 4.69) is 26.1 Å². The van der Waals surface area contributed by atoms with Gasteiger partial charge >= 0.3 is 0 Å². The van der Waals surface area contributed by atoms with Crippen molar-refractivity contribution in [3.05, 3.63) is 0 Å². The highest BCUT2D eigenvalue weighted by Gasteiger charge is 2.20. The fraction of sp³-hybridized carbons (Fsp3) is 1.00. The lowest BCUT2D eigenvalue weighted by atomic mass is 9.95. The molecule has 0 saturated heterocycles. The molecule has 0 saturated carbocycles. The zero-order valence-electron chi connectivity index (χ0n) is 11.5. The summed E-state index contributed by atoms with van der Waals surface area (Å²) in [5, 5.41) is 13.4. The van der Waals surface area contributed by atoms with Gasteiger partial charge in [0.25, 0.3) is 0 Å². The van der Waals surface area contributed by atoms with Crippen molar-refractivity contribution in [3.63, 3.8) is 0 Å². The first kappa shape index (κ1) is 15.9. The van der Waals surface area contributed by atoms with E-state index in [0.717, 1.165) is 19.4 Å². The summed E-state index contributed by atoms with van der Waals surface area (Å²) in [4.78, 5) is 0. The molecule has 3 nitrogen and oxygen atoms in total. The van der Waals surface area contributed by atoms with Gasteiger partial charge in [0.05, 0.1) is 12.2 Å². The van der Waals surface area contributed by atoms with Gasteiger partial charge in [0.1, 0.15) is 0 Å². The molecule has 0 aliphatic carbocycles. The maximum Gasteiger partial charge on any atom is 0.0743 e. The van der Waals surface area contributed by atoms with Gasteiger partial charge in [0, 0.05) is 19.2 Å². The van der Waals surface area contributed by atoms with Gasteiger partial charge in [-0.3, -0.25) is 0 Å². The van der Waals surface area contributed by atoms with E-state index in [0.29, 0.717) is 25.1 Å². The number of aliphatic hydroxyl groups is 1. The highest BCUT2D eigenvalue weighted by Crippen LogP contribution is 2.15. The van der Waals surface area contributed by atoms with Crippen LogP contribution in [0.2, 0.25) is 0 Å². The van der Waals surface area contributed by atoms with Crippen LogP contribution >= 0.6 is 0 Å². The SMILES string of the molecule is CCOCC(C)NCC(C)(O)CCC(C)C. The molecule has 0 aliphatic rings. The summed E-state index contributed by atoms with van der Waals surface area (Å²) in [7, 11) is 0. The van der Waals surface area contributed by atoms with Crippen LogP contribution in [-0.2, 0) is 4.74 Å². The maximum absolute atomic E-state index is 10.1. The number of hydrogen-bond donors (Lipinski definition) is 2. The topological polar surface area (TPSA) is 41.5 Å². The number of hydrogen-bond acceptors (Lipinski definition) is 3. The normalized spacial score (nSPS) is 17.4. The van der Waals surface area contributed by atoms with E-state index in [-0.39, 0.29) is 0 Å². The minimum atomic E-state index is -0.606. The van der Waals surface area contributed by atoms with Crippen molar-refractivity contribution in [2.45, 2.75) is 59.1 Å². The van der Waals surface area contributed by atoms with Crippen molar-refractivity contribution in [1.82, 2.24) is 5.32 Å². The van der Waals surface area contributed by atoms with Gasteiger partial charge in [-0.15, -0.1) is 0 Å². The molecule has 0 fully saturated rings. The number of nitrogens with one attached hydrogen (secondary N) is 1. The fourth-order valence-corrected chi connectivity index (χ4v) is 1.44. The second-order valence-corrected chi connectivity index (χ2v) is 5.37. The Balaban J connectivity index is 3.71. The predicted molar refractivity (Wildman–Crippen MR) is 68.7 cm³/mol. The van der Waals surface area contributed by atoms with E-state index in [1.807, 2.05) is 13.8 Å². The monoisotopic (exact) mass is 231 g/mol. The lowest BCUT2D eigenvalue weighted by molar-refractivity contribution is 0.0378. The second kappa shape index (κ2) is 8.04. The molecule has 2 atom stereocenters. The zero-order valence-corrected chi connectivity index (χ0v) is 11.5. The summed E-state index contributed by atoms with van der Waals surface area (Å²) in [6, 6.07) is 0.297. The van der Waals surface area contributed by atoms with Gasteiger partial charge in [0.2, 0.25) is 0 Å². The average Bonchev–Trinajstić information content (AvgIpc) is 2.21. The highest BCUT2D eigenvalue weighted by molar-refractivity contribution is 4.77. The third-order valence-electron chi connectivity index (χ3n) is 2.66. The molecule has 0 aromatic heterocycles. The minimum Gasteiger partial charge on any atom is -0.389 e. The molecule has 0 radical (unpaired) electrons. The Bertz CT molecular complexity index is 169. The van der Waals surface area contributed by atoms with Crippen LogP contribution in [0.1, 0.15) is 47.5 Å². The third kappa shape index (κ3) is 9.13. The molecule has 0 heterocycles. The van der Waals surface area contributed by atoms with Crippen LogP contribution in [0.25, 0.3) is 0 Å². The zero-order chi connectivity index (χ0) is 12.6. The molecule has 0 bridgehead atoms. The summed E-state index contributed by atoms with van der Waals surface area (Å²) >= 11 is 0. The molecule has 2 N–H and O–H groups in total. The standard InChI is InChI=1S/C13H29NO2/c1-6-16-9-12(4)14-10-13(5,15)8-7-11(2)3/h11-12,14-15H,6-10H2,1-5H3. The molecular formula is C13H29NO2. The van der Waals surface area contributed by atoms with Crippen LogP contribution in [0.3, 0.4) is 0 Å². The number of rotatable bonds is 9. The minimum absolute atomic E-state index is 0.297. The molecular weight excluding hydrogens is 202 g/mol. The summed E-state index contributed by atoms with van der Waals surface area (Å²) < 4.78 is 5.31. The molecule has 3 heteroatoms. The van der Waals surface area contributed by atoms with Gasteiger partial charge in [0.15, 0.2) is 0 Å². The first-order valence-electron chi connectivity index (χ1n) is 6.41. The smallest absolute Gasteiger partial charge is 0.0743 e. The van der Waals surface area contributed by atoms with Crippen LogP contribution in [0.15, 0.2) is 0 Å². The van der Waals surface area contributed by atoms with Crippen molar-refractivity contribution in [2.75, 3.05) is 19.8 Å². The molecule has 0 aliphatic heterocycles. The van der Waals surface area contributed by atoms with Crippen molar-refractivity contribution in [2.24, 2.45) is 5.92 Å². The van der Waals surface area contributed by atoms with E-state index in [1.165, 1.54) is 0 Å². The molecule has 2 unspecified atom stereocenters. The Kier molecular flexibility index (Phi) is 7.98. The Labute approximate surface area is 101 Å². The number of ether oxygens (including phenoxy) is 1. The molecule has 0 spiro atoms. The van der Waals surface area contributed by atoms with E-state index in [4.69, 9.17) is 4.74 Å². The quantitative estimate of drug-likeness (QED) is 0.639. The van der Waals surface area contributed by atoms with Crippen LogP contribution in [-0.4, -0.2) is 36.5 Å². The Morgan fingerprint density at radius 3 is 2.44 bits per heavy atom. The van der Waals surface area contributed by atoms with Gasteiger partial charge in [-0.25, -0.2) is 0 Å². The van der Waals surface area contributed by atoms with Gasteiger partial charge in [-0.05, 0) is 39.5 Å². The largest absolute Gasteiger partial charge is 0.389 e. The van der Waals surface area contributed by atoms with E-state index in [9.17, 15) is 5.11 Å². The van der Waals surface area contributed by atoms with Crippen LogP contribution < -0.4 is 5.32 Å².